The zero-order valence-corrected chi connectivity index (χ0v) is 31.6. The van der Waals surface area contributed by atoms with Gasteiger partial charge in [-0.2, -0.15) is 0 Å². The first-order valence-corrected chi connectivity index (χ1v) is 20.4. The van der Waals surface area contributed by atoms with Crippen molar-refractivity contribution in [2.75, 3.05) is 0 Å². The lowest BCUT2D eigenvalue weighted by molar-refractivity contribution is 0.322. The molecular formula is C53H39N3O. The fraction of sp³-hybridized carbons (Fsp3) is 0.151. The Balaban J connectivity index is 0.973. The monoisotopic (exact) mass is 733 g/mol. The highest BCUT2D eigenvalue weighted by atomic mass is 16.5. The van der Waals surface area contributed by atoms with Crippen molar-refractivity contribution in [2.24, 2.45) is 0 Å². The number of para-hydroxylation sites is 1. The van der Waals surface area contributed by atoms with E-state index in [0.29, 0.717) is 23.4 Å². The van der Waals surface area contributed by atoms with Gasteiger partial charge in [-0.05, 0) is 118 Å². The molecule has 6 aromatic carbocycles. The van der Waals surface area contributed by atoms with Gasteiger partial charge in [0.25, 0.3) is 0 Å². The van der Waals surface area contributed by atoms with Gasteiger partial charge in [-0.25, -0.2) is 15.0 Å². The van der Waals surface area contributed by atoms with Gasteiger partial charge >= 0.3 is 0 Å². The molecule has 0 N–H and O–H groups in total. The number of hydrogen-bond acceptors (Lipinski definition) is 4. The summed E-state index contributed by atoms with van der Waals surface area (Å²) >= 11 is 0. The third-order valence-electron chi connectivity index (χ3n) is 13.0. The summed E-state index contributed by atoms with van der Waals surface area (Å²) in [7, 11) is 0. The van der Waals surface area contributed by atoms with E-state index in [4.69, 9.17) is 19.7 Å². The average molecular weight is 734 g/mol. The zero-order chi connectivity index (χ0) is 37.5. The topological polar surface area (TPSA) is 47.9 Å². The Bertz CT molecular complexity index is 2950. The number of benzene rings is 6. The number of aromatic nitrogens is 3. The second kappa shape index (κ2) is 12.7. The predicted octanol–water partition coefficient (Wildman–Crippen LogP) is 12.6. The van der Waals surface area contributed by atoms with Crippen LogP contribution < -0.4 is 4.74 Å². The first-order chi connectivity index (χ1) is 28.2. The van der Waals surface area contributed by atoms with E-state index >= 15 is 0 Å². The molecular weight excluding hydrogens is 695 g/mol. The summed E-state index contributed by atoms with van der Waals surface area (Å²) in [6.07, 6.45) is 15.1. The van der Waals surface area contributed by atoms with Crippen LogP contribution in [0.5, 0.6) is 5.75 Å². The van der Waals surface area contributed by atoms with Crippen LogP contribution >= 0.6 is 0 Å². The smallest absolute Gasteiger partial charge is 0.164 e. The highest BCUT2D eigenvalue weighted by Gasteiger charge is 2.54. The lowest BCUT2D eigenvalue weighted by atomic mass is 9.60. The molecule has 0 amide bonds. The molecule has 0 radical (unpaired) electrons. The van der Waals surface area contributed by atoms with E-state index in [1.54, 1.807) is 0 Å². The Morgan fingerprint density at radius 3 is 2.28 bits per heavy atom. The Labute approximate surface area is 332 Å². The highest BCUT2D eigenvalue weighted by molar-refractivity contribution is 5.98. The quantitative estimate of drug-likeness (QED) is 0.181. The van der Waals surface area contributed by atoms with E-state index in [0.717, 1.165) is 66.7 Å². The van der Waals surface area contributed by atoms with Crippen LogP contribution in [0, 0.1) is 0 Å². The minimum absolute atomic E-state index is 0.315. The predicted molar refractivity (Wildman–Crippen MR) is 230 cm³/mol. The molecule has 5 aliphatic rings. The minimum atomic E-state index is -0.319. The van der Waals surface area contributed by atoms with E-state index in [2.05, 4.69) is 140 Å². The van der Waals surface area contributed by atoms with Crippen LogP contribution in [-0.2, 0) is 11.8 Å². The summed E-state index contributed by atoms with van der Waals surface area (Å²) in [6.45, 7) is 0. The second-order valence-electron chi connectivity index (χ2n) is 16.1. The summed E-state index contributed by atoms with van der Waals surface area (Å²) in [5.41, 5.74) is 15.0. The van der Waals surface area contributed by atoms with Gasteiger partial charge in [-0.1, -0.05) is 133 Å². The molecule has 1 aromatic heterocycles. The Hall–Kier alpha value is -6.65. The first-order valence-electron chi connectivity index (χ1n) is 20.4. The standard InChI is InChI=1S/C53H39N3O/c1-2-13-34(14-3-1)50-54-51(56-52(55-50)40-30-37-18-10-15-33-16-11-19-38(31-40)49(33)37)39-20-12-17-35(29-39)36-27-28-48-46(32-36)53(45-25-8-9-26-47(45)57-48)43-23-6-4-21-41(43)42-22-5-7-24-44(42)53/h1-6,8-15,17-23,25-26,29-31,36H,7,16,24,27-28,32H2. The van der Waals surface area contributed by atoms with E-state index in [1.165, 1.54) is 60.9 Å². The van der Waals surface area contributed by atoms with Crippen LogP contribution in [-0.4, -0.2) is 15.0 Å². The molecule has 272 valence electrons. The molecule has 4 heteroatoms. The van der Waals surface area contributed by atoms with Gasteiger partial charge in [0.1, 0.15) is 11.5 Å². The van der Waals surface area contributed by atoms with E-state index in [-0.39, 0.29) is 5.41 Å². The molecule has 0 bridgehead atoms. The van der Waals surface area contributed by atoms with Crippen LogP contribution in [0.25, 0.3) is 56.6 Å². The van der Waals surface area contributed by atoms with Crippen LogP contribution in [0.4, 0.5) is 0 Å². The van der Waals surface area contributed by atoms with E-state index in [9.17, 15) is 0 Å². The van der Waals surface area contributed by atoms with Crippen molar-refractivity contribution in [1.29, 1.82) is 0 Å². The summed E-state index contributed by atoms with van der Waals surface area (Å²) in [5.74, 6) is 4.53. The van der Waals surface area contributed by atoms with Gasteiger partial charge < -0.3 is 4.74 Å². The summed E-state index contributed by atoms with van der Waals surface area (Å²) in [5, 5.41) is 2.53. The van der Waals surface area contributed by atoms with Crippen molar-refractivity contribution in [3.8, 4) is 39.9 Å². The molecule has 12 rings (SSSR count). The third kappa shape index (κ3) is 4.96. The molecule has 1 spiro atoms. The fourth-order valence-corrected chi connectivity index (χ4v) is 10.6. The van der Waals surface area contributed by atoms with Crippen LogP contribution in [0.15, 0.2) is 169 Å². The van der Waals surface area contributed by atoms with Gasteiger partial charge in [-0.3, -0.25) is 0 Å². The van der Waals surface area contributed by atoms with E-state index in [1.807, 2.05) is 18.2 Å². The maximum atomic E-state index is 6.87. The first kappa shape index (κ1) is 32.6. The molecule has 4 nitrogen and oxygen atoms in total. The van der Waals surface area contributed by atoms with Gasteiger partial charge in [0.2, 0.25) is 0 Å². The van der Waals surface area contributed by atoms with Gasteiger partial charge in [0.05, 0.1) is 5.41 Å². The average Bonchev–Trinajstić information content (AvgIpc) is 3.57. The van der Waals surface area contributed by atoms with Crippen molar-refractivity contribution in [2.45, 2.75) is 49.9 Å². The number of allylic oxidation sites excluding steroid dienone is 7. The van der Waals surface area contributed by atoms with Gasteiger partial charge in [-0.15, -0.1) is 0 Å². The molecule has 57 heavy (non-hydrogen) atoms. The number of nitrogens with zero attached hydrogens (tertiary/aromatic N) is 3. The molecule has 7 aromatic rings. The lowest BCUT2D eigenvalue weighted by Gasteiger charge is -2.46. The van der Waals surface area contributed by atoms with Crippen LogP contribution in [0.2, 0.25) is 0 Å². The summed E-state index contributed by atoms with van der Waals surface area (Å²) < 4.78 is 6.87. The third-order valence-corrected chi connectivity index (χ3v) is 13.0. The molecule has 0 saturated heterocycles. The minimum Gasteiger partial charge on any atom is -0.461 e. The highest BCUT2D eigenvalue weighted by Crippen LogP contribution is 2.64. The molecule has 2 unspecified atom stereocenters. The molecule has 1 aliphatic heterocycles. The van der Waals surface area contributed by atoms with Crippen LogP contribution in [0.3, 0.4) is 0 Å². The maximum absolute atomic E-state index is 6.87. The van der Waals surface area contributed by atoms with Crippen molar-refractivity contribution in [3.63, 3.8) is 0 Å². The van der Waals surface area contributed by atoms with Gasteiger partial charge in [0.15, 0.2) is 17.5 Å². The van der Waals surface area contributed by atoms with Gasteiger partial charge in [0, 0.05) is 28.7 Å². The Morgan fingerprint density at radius 1 is 0.596 bits per heavy atom. The zero-order valence-electron chi connectivity index (χ0n) is 31.6. The van der Waals surface area contributed by atoms with Crippen molar-refractivity contribution >= 4 is 22.4 Å². The maximum Gasteiger partial charge on any atom is 0.164 e. The second-order valence-corrected chi connectivity index (χ2v) is 16.1. The lowest BCUT2D eigenvalue weighted by Crippen LogP contribution is -2.38. The SMILES string of the molecule is C1=CC2=C(CC1)C1(C3=C(CCC(c4cccc(-c5nc(-c6ccccc6)nc(-c6cc7c8c(cccc8c6)CC=C7)n5)c4)C3)Oc3ccccc31)c1ccccc12. The molecule has 0 saturated carbocycles. The number of rotatable bonds is 4. The van der Waals surface area contributed by atoms with E-state index < -0.39 is 0 Å². The number of fused-ring (bicyclic) bond motifs is 7. The van der Waals surface area contributed by atoms with Crippen molar-refractivity contribution in [3.05, 3.63) is 202 Å². The Morgan fingerprint density at radius 2 is 1.37 bits per heavy atom. The molecule has 4 aliphatic carbocycles. The largest absolute Gasteiger partial charge is 0.461 e. The van der Waals surface area contributed by atoms with Crippen molar-refractivity contribution < 1.29 is 4.74 Å². The molecule has 0 fully saturated rings. The normalized spacial score (nSPS) is 20.0. The summed E-state index contributed by atoms with van der Waals surface area (Å²) in [4.78, 5) is 15.5. The van der Waals surface area contributed by atoms with Crippen molar-refractivity contribution in [1.82, 2.24) is 15.0 Å². The van der Waals surface area contributed by atoms with Crippen LogP contribution in [0.1, 0.15) is 71.4 Å². The number of hydrogen-bond donors (Lipinski definition) is 0. The fourth-order valence-electron chi connectivity index (χ4n) is 10.6. The number of ether oxygens (including phenoxy) is 1. The Kier molecular flexibility index (Phi) is 7.25. The molecule has 2 heterocycles. The summed E-state index contributed by atoms with van der Waals surface area (Å²) in [6, 6.07) is 48.2. The molecule has 2 atom stereocenters.